The van der Waals surface area contributed by atoms with E-state index in [-0.39, 0.29) is 12.0 Å². The zero-order chi connectivity index (χ0) is 14.7. The molecule has 1 aromatic rings. The van der Waals surface area contributed by atoms with E-state index in [4.69, 9.17) is 22.7 Å². The van der Waals surface area contributed by atoms with Crippen molar-refractivity contribution in [3.8, 4) is 0 Å². The summed E-state index contributed by atoms with van der Waals surface area (Å²) in [5.74, 6) is -0.165. The molecule has 1 heterocycles. The van der Waals surface area contributed by atoms with Gasteiger partial charge in [-0.25, -0.2) is 4.79 Å². The lowest BCUT2D eigenvalue weighted by atomic mass is 10.1. The van der Waals surface area contributed by atoms with Crippen molar-refractivity contribution in [2.24, 2.45) is 5.73 Å². The van der Waals surface area contributed by atoms with E-state index in [0.717, 1.165) is 36.2 Å². The van der Waals surface area contributed by atoms with E-state index in [1.165, 1.54) is 0 Å². The molecule has 1 aliphatic rings. The van der Waals surface area contributed by atoms with Gasteiger partial charge in [-0.15, -0.1) is 0 Å². The molecule has 108 valence electrons. The van der Waals surface area contributed by atoms with Crippen LogP contribution in [-0.4, -0.2) is 30.2 Å². The summed E-state index contributed by atoms with van der Waals surface area (Å²) >= 11 is 5.14. The maximum absolute atomic E-state index is 12.1. The fourth-order valence-electron chi connectivity index (χ4n) is 2.76. The number of carbonyl (C=O) groups excluding carboxylic acids is 1. The summed E-state index contributed by atoms with van der Waals surface area (Å²) in [6, 6.07) is 5.62. The molecule has 0 bridgehead atoms. The van der Waals surface area contributed by atoms with Crippen LogP contribution in [0.2, 0.25) is 0 Å². The summed E-state index contributed by atoms with van der Waals surface area (Å²) in [6.07, 6.45) is 1.78. The lowest BCUT2D eigenvalue weighted by Crippen LogP contribution is -2.38. The third-order valence-corrected chi connectivity index (χ3v) is 3.82. The number of rotatable bonds is 4. The first kappa shape index (κ1) is 14.8. The monoisotopic (exact) mass is 292 g/mol. The number of para-hydroxylation sites is 1. The van der Waals surface area contributed by atoms with E-state index in [0.29, 0.717) is 11.6 Å². The van der Waals surface area contributed by atoms with Crippen molar-refractivity contribution in [3.63, 3.8) is 0 Å². The number of hydrogen-bond acceptors (Lipinski definition) is 4. The quantitative estimate of drug-likeness (QED) is 0.681. The van der Waals surface area contributed by atoms with Gasteiger partial charge in [0.2, 0.25) is 0 Å². The average molecular weight is 292 g/mol. The molecular formula is C15H20N2O2S. The second kappa shape index (κ2) is 6.22. The van der Waals surface area contributed by atoms with Crippen LogP contribution in [0, 0.1) is 6.92 Å². The number of esters is 1. The van der Waals surface area contributed by atoms with Crippen molar-refractivity contribution >= 4 is 28.9 Å². The average Bonchev–Trinajstić information content (AvgIpc) is 2.87. The topological polar surface area (TPSA) is 55.6 Å². The van der Waals surface area contributed by atoms with Gasteiger partial charge in [-0.05, 0) is 38.3 Å². The minimum atomic E-state index is -0.232. The highest BCUT2D eigenvalue weighted by molar-refractivity contribution is 7.80. The summed E-state index contributed by atoms with van der Waals surface area (Å²) in [4.78, 5) is 14.5. The molecule has 4 nitrogen and oxygen atoms in total. The lowest BCUT2D eigenvalue weighted by molar-refractivity contribution is -0.144. The Balaban J connectivity index is 2.39. The van der Waals surface area contributed by atoms with Crippen molar-refractivity contribution < 1.29 is 9.53 Å². The number of anilines is 1. The Kier molecular flexibility index (Phi) is 4.60. The van der Waals surface area contributed by atoms with Gasteiger partial charge >= 0.3 is 5.97 Å². The maximum atomic E-state index is 12.1. The number of thiocarbonyl (C=S) groups is 1. The maximum Gasteiger partial charge on any atom is 0.328 e. The van der Waals surface area contributed by atoms with Crippen LogP contribution in [-0.2, 0) is 9.53 Å². The van der Waals surface area contributed by atoms with Crippen molar-refractivity contribution in [2.45, 2.75) is 32.7 Å². The molecule has 0 spiro atoms. The third kappa shape index (κ3) is 2.77. The predicted molar refractivity (Wildman–Crippen MR) is 84.1 cm³/mol. The van der Waals surface area contributed by atoms with Crippen LogP contribution in [0.25, 0.3) is 0 Å². The van der Waals surface area contributed by atoms with Gasteiger partial charge in [-0.1, -0.05) is 24.4 Å². The summed E-state index contributed by atoms with van der Waals surface area (Å²) in [7, 11) is 0. The molecule has 2 N–H and O–H groups in total. The van der Waals surface area contributed by atoms with Gasteiger partial charge in [-0.2, -0.15) is 0 Å². The van der Waals surface area contributed by atoms with Crippen molar-refractivity contribution in [2.75, 3.05) is 18.1 Å². The summed E-state index contributed by atoms with van der Waals surface area (Å²) < 4.78 is 5.17. The van der Waals surface area contributed by atoms with Gasteiger partial charge in [0.1, 0.15) is 11.0 Å². The normalized spacial score (nSPS) is 18.1. The summed E-state index contributed by atoms with van der Waals surface area (Å²) in [6.45, 7) is 5.06. The van der Waals surface area contributed by atoms with Crippen molar-refractivity contribution in [3.05, 3.63) is 29.3 Å². The molecule has 0 radical (unpaired) electrons. The number of aryl methyl sites for hydroxylation is 1. The lowest BCUT2D eigenvalue weighted by Gasteiger charge is -2.28. The molecule has 2 rings (SSSR count). The Morgan fingerprint density at radius 1 is 1.55 bits per heavy atom. The Morgan fingerprint density at radius 3 is 2.95 bits per heavy atom. The molecule has 1 saturated heterocycles. The standard InChI is InChI=1S/C15H20N2O2S/c1-3-19-15(18)12-8-5-9-17(12)13-10(2)6-4-7-11(13)14(16)20/h4,6-7,12H,3,5,8-9H2,1-2H3,(H2,16,20). The molecule has 1 aliphatic heterocycles. The van der Waals surface area contributed by atoms with E-state index >= 15 is 0 Å². The molecular weight excluding hydrogens is 272 g/mol. The number of benzene rings is 1. The Labute approximate surface area is 124 Å². The fraction of sp³-hybridized carbons (Fsp3) is 0.467. The van der Waals surface area contributed by atoms with Gasteiger partial charge in [-0.3, -0.25) is 0 Å². The van der Waals surface area contributed by atoms with E-state index in [9.17, 15) is 4.79 Å². The second-order valence-corrected chi connectivity index (χ2v) is 5.38. The smallest absolute Gasteiger partial charge is 0.328 e. The zero-order valence-corrected chi connectivity index (χ0v) is 12.7. The van der Waals surface area contributed by atoms with Crippen LogP contribution in [0.1, 0.15) is 30.9 Å². The van der Waals surface area contributed by atoms with Crippen LogP contribution < -0.4 is 10.6 Å². The van der Waals surface area contributed by atoms with Crippen LogP contribution in [0.5, 0.6) is 0 Å². The number of hydrogen-bond donors (Lipinski definition) is 1. The van der Waals surface area contributed by atoms with Gasteiger partial charge in [0.25, 0.3) is 0 Å². The minimum absolute atomic E-state index is 0.165. The third-order valence-electron chi connectivity index (χ3n) is 3.60. The number of ether oxygens (including phenoxy) is 1. The van der Waals surface area contributed by atoms with Crippen molar-refractivity contribution in [1.82, 2.24) is 0 Å². The molecule has 1 fully saturated rings. The molecule has 1 unspecified atom stereocenters. The fourth-order valence-corrected chi connectivity index (χ4v) is 2.92. The van der Waals surface area contributed by atoms with Gasteiger partial charge in [0.05, 0.1) is 12.3 Å². The molecule has 0 saturated carbocycles. The van der Waals surface area contributed by atoms with Gasteiger partial charge in [0.15, 0.2) is 0 Å². The highest BCUT2D eigenvalue weighted by atomic mass is 32.1. The first-order valence-electron chi connectivity index (χ1n) is 6.89. The number of nitrogens with two attached hydrogens (primary N) is 1. The molecule has 1 aromatic carbocycles. The summed E-state index contributed by atoms with van der Waals surface area (Å²) in [5.41, 5.74) is 8.69. The Morgan fingerprint density at radius 2 is 2.30 bits per heavy atom. The molecule has 0 aromatic heterocycles. The van der Waals surface area contributed by atoms with E-state index in [2.05, 4.69) is 4.90 Å². The zero-order valence-electron chi connectivity index (χ0n) is 11.9. The molecule has 20 heavy (non-hydrogen) atoms. The van der Waals surface area contributed by atoms with E-state index in [1.54, 1.807) is 0 Å². The SMILES string of the molecule is CCOC(=O)C1CCCN1c1c(C)cccc1C(N)=S. The molecule has 0 aliphatic carbocycles. The minimum Gasteiger partial charge on any atom is -0.464 e. The highest BCUT2D eigenvalue weighted by Gasteiger charge is 2.34. The Bertz CT molecular complexity index is 531. The molecule has 0 amide bonds. The highest BCUT2D eigenvalue weighted by Crippen LogP contribution is 2.32. The Hall–Kier alpha value is -1.62. The van der Waals surface area contributed by atoms with E-state index < -0.39 is 0 Å². The van der Waals surface area contributed by atoms with Gasteiger partial charge in [0, 0.05) is 12.1 Å². The first-order valence-corrected chi connectivity index (χ1v) is 7.29. The summed E-state index contributed by atoms with van der Waals surface area (Å²) in [5, 5.41) is 0. The van der Waals surface area contributed by atoms with Crippen LogP contribution >= 0.6 is 12.2 Å². The van der Waals surface area contributed by atoms with Crippen LogP contribution in [0.4, 0.5) is 5.69 Å². The van der Waals surface area contributed by atoms with E-state index in [1.807, 2.05) is 32.0 Å². The number of nitrogens with zero attached hydrogens (tertiary/aromatic N) is 1. The molecule has 5 heteroatoms. The van der Waals surface area contributed by atoms with Crippen LogP contribution in [0.3, 0.4) is 0 Å². The predicted octanol–water partition coefficient (Wildman–Crippen LogP) is 2.16. The number of carbonyl (C=O) groups is 1. The molecule has 1 atom stereocenters. The van der Waals surface area contributed by atoms with Gasteiger partial charge < -0.3 is 15.4 Å². The van der Waals surface area contributed by atoms with Crippen LogP contribution in [0.15, 0.2) is 18.2 Å². The second-order valence-electron chi connectivity index (χ2n) is 4.94. The largest absolute Gasteiger partial charge is 0.464 e. The first-order chi connectivity index (χ1) is 9.56. The van der Waals surface area contributed by atoms with Crippen molar-refractivity contribution in [1.29, 1.82) is 0 Å².